The van der Waals surface area contributed by atoms with Crippen molar-refractivity contribution in [2.24, 2.45) is 0 Å². The SMILES string of the molecule is Cc1[nH]c(=O)c(C#N)c(C)c1CCC(=O)OC(C)C(=O)N1CC(=O)Nc2cc(C(F)(F)F)ccc21. The number of aryl methyl sites for hydroxylation is 1. The number of H-pyrrole nitrogens is 1. The number of hydrogen-bond donors (Lipinski definition) is 2. The number of rotatable bonds is 5. The van der Waals surface area contributed by atoms with Gasteiger partial charge >= 0.3 is 12.1 Å². The van der Waals surface area contributed by atoms with Crippen molar-refractivity contribution in [2.75, 3.05) is 16.8 Å². The van der Waals surface area contributed by atoms with Crippen molar-refractivity contribution < 1.29 is 32.3 Å². The van der Waals surface area contributed by atoms with Crippen molar-refractivity contribution in [1.82, 2.24) is 4.98 Å². The lowest BCUT2D eigenvalue weighted by atomic mass is 9.99. The number of nitriles is 1. The second-order valence-corrected chi connectivity index (χ2v) is 8.00. The average Bonchev–Trinajstić information content (AvgIpc) is 2.76. The molecule has 0 aliphatic carbocycles. The topological polar surface area (TPSA) is 132 Å². The zero-order valence-electron chi connectivity index (χ0n) is 19.0. The summed E-state index contributed by atoms with van der Waals surface area (Å²) in [6.45, 7) is 4.06. The van der Waals surface area contributed by atoms with Crippen molar-refractivity contribution in [3.8, 4) is 6.07 Å². The predicted molar refractivity (Wildman–Crippen MR) is 118 cm³/mol. The van der Waals surface area contributed by atoms with E-state index in [1.807, 2.05) is 6.07 Å². The number of anilines is 2. The summed E-state index contributed by atoms with van der Waals surface area (Å²) < 4.78 is 44.2. The monoisotopic (exact) mass is 490 g/mol. The molecule has 1 atom stereocenters. The van der Waals surface area contributed by atoms with E-state index in [9.17, 15) is 32.3 Å². The molecule has 12 heteroatoms. The maximum Gasteiger partial charge on any atom is 0.416 e. The molecular weight excluding hydrogens is 469 g/mol. The third-order valence-electron chi connectivity index (χ3n) is 5.61. The number of nitrogens with zero attached hydrogens (tertiary/aromatic N) is 2. The molecule has 9 nitrogen and oxygen atoms in total. The van der Waals surface area contributed by atoms with Crippen LogP contribution < -0.4 is 15.8 Å². The number of alkyl halides is 3. The predicted octanol–water partition coefficient (Wildman–Crippen LogP) is 2.73. The molecule has 0 bridgehead atoms. The number of benzene rings is 1. The van der Waals surface area contributed by atoms with Gasteiger partial charge in [-0.15, -0.1) is 0 Å². The number of amides is 2. The fraction of sp³-hybridized carbons (Fsp3) is 0.348. The van der Waals surface area contributed by atoms with Gasteiger partial charge in [0, 0.05) is 12.1 Å². The van der Waals surface area contributed by atoms with E-state index < -0.39 is 47.7 Å². The lowest BCUT2D eigenvalue weighted by molar-refractivity contribution is -0.153. The highest BCUT2D eigenvalue weighted by molar-refractivity contribution is 6.11. The molecule has 2 aromatic rings. The number of carbonyl (C=O) groups is 3. The van der Waals surface area contributed by atoms with Gasteiger partial charge in [-0.1, -0.05) is 0 Å². The summed E-state index contributed by atoms with van der Waals surface area (Å²) >= 11 is 0. The molecule has 0 spiro atoms. The van der Waals surface area contributed by atoms with E-state index in [-0.39, 0.29) is 29.8 Å². The minimum Gasteiger partial charge on any atom is -0.453 e. The van der Waals surface area contributed by atoms with Crippen LogP contribution in [0.1, 0.15) is 41.3 Å². The van der Waals surface area contributed by atoms with Gasteiger partial charge in [-0.3, -0.25) is 24.1 Å². The van der Waals surface area contributed by atoms with Crippen molar-refractivity contribution in [3.05, 3.63) is 56.5 Å². The number of ether oxygens (including phenoxy) is 1. The zero-order valence-corrected chi connectivity index (χ0v) is 19.0. The van der Waals surface area contributed by atoms with Crippen LogP contribution in [0.15, 0.2) is 23.0 Å². The van der Waals surface area contributed by atoms with Crippen LogP contribution >= 0.6 is 0 Å². The molecule has 0 radical (unpaired) electrons. The highest BCUT2D eigenvalue weighted by Gasteiger charge is 2.35. The van der Waals surface area contributed by atoms with E-state index in [0.717, 1.165) is 23.1 Å². The van der Waals surface area contributed by atoms with Crippen LogP contribution in [0.3, 0.4) is 0 Å². The molecule has 184 valence electrons. The van der Waals surface area contributed by atoms with Crippen LogP contribution in [0, 0.1) is 25.2 Å². The maximum absolute atomic E-state index is 13.0. The van der Waals surface area contributed by atoms with Crippen LogP contribution in [0.4, 0.5) is 24.5 Å². The molecule has 35 heavy (non-hydrogen) atoms. The van der Waals surface area contributed by atoms with Gasteiger partial charge in [0.2, 0.25) is 5.91 Å². The molecule has 1 unspecified atom stereocenters. The molecule has 0 saturated heterocycles. The minimum absolute atomic E-state index is 0.0500. The summed E-state index contributed by atoms with van der Waals surface area (Å²) in [5.41, 5.74) is -0.164. The van der Waals surface area contributed by atoms with Crippen LogP contribution in [-0.2, 0) is 31.7 Å². The van der Waals surface area contributed by atoms with Crippen LogP contribution in [0.2, 0.25) is 0 Å². The Labute approximate surface area is 197 Å². The average molecular weight is 490 g/mol. The standard InChI is InChI=1S/C23H21F3N4O5/c1-11-15(12(2)28-21(33)16(11)9-27)5-7-20(32)35-13(3)22(34)30-10-19(31)29-17-8-14(23(24,25)26)4-6-18(17)30/h4,6,8,13H,5,7,10H2,1-3H3,(H,28,33)(H,29,31). The van der Waals surface area contributed by atoms with Crippen LogP contribution in [-0.4, -0.2) is 35.4 Å². The van der Waals surface area contributed by atoms with E-state index in [0.29, 0.717) is 16.8 Å². The first kappa shape index (κ1) is 25.5. The second-order valence-electron chi connectivity index (χ2n) is 8.00. The Balaban J connectivity index is 1.71. The zero-order chi connectivity index (χ0) is 26.1. The Morgan fingerprint density at radius 2 is 1.94 bits per heavy atom. The molecule has 0 saturated carbocycles. The molecule has 2 amide bonds. The molecular formula is C23H21F3N4O5. The van der Waals surface area contributed by atoms with Gasteiger partial charge in [-0.25, -0.2) is 0 Å². The van der Waals surface area contributed by atoms with Crippen LogP contribution in [0.25, 0.3) is 0 Å². The number of nitrogens with one attached hydrogen (secondary N) is 2. The smallest absolute Gasteiger partial charge is 0.416 e. The number of aromatic amines is 1. The van der Waals surface area contributed by atoms with Gasteiger partial charge in [0.25, 0.3) is 11.5 Å². The second kappa shape index (κ2) is 9.61. The molecule has 1 aromatic carbocycles. The molecule has 2 N–H and O–H groups in total. The summed E-state index contributed by atoms with van der Waals surface area (Å²) in [4.78, 5) is 52.6. The molecule has 2 heterocycles. The van der Waals surface area contributed by atoms with Gasteiger partial charge in [-0.05, 0) is 56.5 Å². The van der Waals surface area contributed by atoms with Gasteiger partial charge in [-0.2, -0.15) is 18.4 Å². The highest BCUT2D eigenvalue weighted by Crippen LogP contribution is 2.37. The first-order valence-electron chi connectivity index (χ1n) is 10.5. The van der Waals surface area contributed by atoms with Gasteiger partial charge in [0.05, 0.1) is 16.9 Å². The van der Waals surface area contributed by atoms with Gasteiger partial charge < -0.3 is 15.0 Å². The first-order valence-corrected chi connectivity index (χ1v) is 10.5. The molecule has 1 aliphatic rings. The first-order chi connectivity index (χ1) is 16.3. The summed E-state index contributed by atoms with van der Waals surface area (Å²) in [6.07, 6.45) is -5.98. The Bertz CT molecular complexity index is 1310. The van der Waals surface area contributed by atoms with Gasteiger partial charge in [0.15, 0.2) is 6.10 Å². The third-order valence-corrected chi connectivity index (χ3v) is 5.61. The summed E-state index contributed by atoms with van der Waals surface area (Å²) in [5, 5.41) is 11.5. The number of pyridine rings is 1. The highest BCUT2D eigenvalue weighted by atomic mass is 19.4. The lowest BCUT2D eigenvalue weighted by Gasteiger charge is -2.31. The molecule has 1 aromatic heterocycles. The Morgan fingerprint density at radius 1 is 1.26 bits per heavy atom. The number of halogens is 3. The largest absolute Gasteiger partial charge is 0.453 e. The van der Waals surface area contributed by atoms with Crippen molar-refractivity contribution in [2.45, 2.75) is 45.9 Å². The summed E-state index contributed by atoms with van der Waals surface area (Å²) in [6, 6.07) is 4.41. The fourth-order valence-electron chi connectivity index (χ4n) is 3.84. The molecule has 1 aliphatic heterocycles. The molecule has 3 rings (SSSR count). The maximum atomic E-state index is 13.0. The number of esters is 1. The van der Waals surface area contributed by atoms with E-state index in [2.05, 4.69) is 10.3 Å². The quantitative estimate of drug-likeness (QED) is 0.620. The third kappa shape index (κ3) is 5.34. The number of fused-ring (bicyclic) bond motifs is 1. The Hall–Kier alpha value is -4.14. The van der Waals surface area contributed by atoms with Crippen molar-refractivity contribution in [3.63, 3.8) is 0 Å². The van der Waals surface area contributed by atoms with Crippen LogP contribution in [0.5, 0.6) is 0 Å². The van der Waals surface area contributed by atoms with E-state index in [4.69, 9.17) is 10.00 Å². The van der Waals surface area contributed by atoms with E-state index >= 15 is 0 Å². The fourth-order valence-corrected chi connectivity index (χ4v) is 3.84. The lowest BCUT2D eigenvalue weighted by Crippen LogP contribution is -2.47. The Kier molecular flexibility index (Phi) is 7.00. The minimum atomic E-state index is -4.63. The number of aromatic nitrogens is 1. The number of hydrogen-bond acceptors (Lipinski definition) is 6. The summed E-state index contributed by atoms with van der Waals surface area (Å²) in [7, 11) is 0. The Morgan fingerprint density at radius 3 is 2.57 bits per heavy atom. The van der Waals surface area contributed by atoms with Crippen molar-refractivity contribution >= 4 is 29.2 Å². The normalized spacial score (nSPS) is 14.0. The van der Waals surface area contributed by atoms with E-state index in [1.165, 1.54) is 6.92 Å². The van der Waals surface area contributed by atoms with Crippen molar-refractivity contribution in [1.29, 1.82) is 5.26 Å². The molecule has 0 fully saturated rings. The van der Waals surface area contributed by atoms with Gasteiger partial charge in [0.1, 0.15) is 18.2 Å². The number of carbonyl (C=O) groups excluding carboxylic acids is 3. The summed E-state index contributed by atoms with van der Waals surface area (Å²) in [5.74, 6) is -2.22. The van der Waals surface area contributed by atoms with E-state index in [1.54, 1.807) is 13.8 Å².